The van der Waals surface area contributed by atoms with Crippen molar-refractivity contribution in [1.82, 2.24) is 4.90 Å². The molecule has 1 fully saturated rings. The summed E-state index contributed by atoms with van der Waals surface area (Å²) in [4.78, 5) is 14.3. The number of rotatable bonds is 1. The molecule has 1 heterocycles. The summed E-state index contributed by atoms with van der Waals surface area (Å²) in [5.74, 6) is -0.00861. The molecule has 0 saturated carbocycles. The number of halogens is 2. The van der Waals surface area contributed by atoms with Gasteiger partial charge in [-0.3, -0.25) is 4.79 Å². The Morgan fingerprint density at radius 3 is 2.00 bits per heavy atom. The molecule has 1 aliphatic heterocycles. The highest BCUT2D eigenvalue weighted by atomic mass is 35.5. The summed E-state index contributed by atoms with van der Waals surface area (Å²) in [6.45, 7) is 1.61. The molecule has 2 rings (SSSR count). The molecular formula is C14H18Cl2N2O. The Hall–Kier alpha value is -0.930. The number of likely N-dealkylation sites (tertiary alicyclic amines) is 1. The fourth-order valence-corrected chi connectivity index (χ4v) is 2.83. The number of amides is 1. The van der Waals surface area contributed by atoms with Gasteiger partial charge in [0, 0.05) is 18.7 Å². The summed E-state index contributed by atoms with van der Waals surface area (Å²) >= 11 is 12.0. The van der Waals surface area contributed by atoms with E-state index in [9.17, 15) is 4.79 Å². The largest absolute Gasteiger partial charge is 0.396 e. The van der Waals surface area contributed by atoms with E-state index in [1.54, 1.807) is 12.1 Å². The molecule has 1 aromatic rings. The zero-order valence-electron chi connectivity index (χ0n) is 10.8. The van der Waals surface area contributed by atoms with Gasteiger partial charge in [-0.15, -0.1) is 0 Å². The number of nitrogen functional groups attached to an aromatic ring is 1. The molecule has 1 aromatic carbocycles. The molecule has 0 bridgehead atoms. The Bertz CT molecular complexity index is 446. The number of carbonyl (C=O) groups excluding carboxylic acids is 1. The summed E-state index contributed by atoms with van der Waals surface area (Å²) in [5, 5.41) is 0.672. The van der Waals surface area contributed by atoms with E-state index in [0.717, 1.165) is 25.9 Å². The lowest BCUT2D eigenvalue weighted by molar-refractivity contribution is 0.0742. The molecule has 0 atom stereocenters. The smallest absolute Gasteiger partial charge is 0.253 e. The number of anilines is 1. The Morgan fingerprint density at radius 2 is 1.47 bits per heavy atom. The van der Waals surface area contributed by atoms with Gasteiger partial charge in [0.1, 0.15) is 0 Å². The zero-order valence-corrected chi connectivity index (χ0v) is 12.3. The van der Waals surface area contributed by atoms with Crippen LogP contribution in [0.1, 0.15) is 42.5 Å². The number of benzene rings is 1. The van der Waals surface area contributed by atoms with Crippen molar-refractivity contribution in [1.29, 1.82) is 0 Å². The molecule has 0 aliphatic carbocycles. The van der Waals surface area contributed by atoms with Gasteiger partial charge in [0.25, 0.3) is 5.91 Å². The van der Waals surface area contributed by atoms with Crippen molar-refractivity contribution in [2.75, 3.05) is 18.8 Å². The molecule has 1 aliphatic rings. The second-order valence-corrected chi connectivity index (χ2v) is 5.73. The maximum Gasteiger partial charge on any atom is 0.253 e. The van der Waals surface area contributed by atoms with Gasteiger partial charge in [-0.05, 0) is 25.0 Å². The average molecular weight is 301 g/mol. The molecule has 0 unspecified atom stereocenters. The SMILES string of the molecule is Nc1c(Cl)cc(C(=O)N2CCCCCCC2)cc1Cl. The first-order valence-corrected chi connectivity index (χ1v) is 7.39. The predicted octanol–water partition coefficient (Wildman–Crippen LogP) is 3.98. The molecular weight excluding hydrogens is 283 g/mol. The highest BCUT2D eigenvalue weighted by Gasteiger charge is 2.18. The van der Waals surface area contributed by atoms with Crippen LogP contribution in [0.4, 0.5) is 5.69 Å². The number of nitrogens with two attached hydrogens (primary N) is 1. The van der Waals surface area contributed by atoms with Gasteiger partial charge < -0.3 is 10.6 Å². The molecule has 1 saturated heterocycles. The topological polar surface area (TPSA) is 46.3 Å². The van der Waals surface area contributed by atoms with Crippen LogP contribution >= 0.6 is 23.2 Å². The molecule has 0 spiro atoms. The second-order valence-electron chi connectivity index (χ2n) is 4.91. The third-order valence-electron chi connectivity index (χ3n) is 3.47. The number of hydrogen-bond acceptors (Lipinski definition) is 2. The normalized spacial score (nSPS) is 16.8. The first-order chi connectivity index (χ1) is 9.09. The number of hydrogen-bond donors (Lipinski definition) is 1. The standard InChI is InChI=1S/C14H18Cl2N2O/c15-11-8-10(9-12(16)13(11)17)14(19)18-6-4-2-1-3-5-7-18/h8-9H,1-7,17H2. The van der Waals surface area contributed by atoms with Crippen LogP contribution in [0.2, 0.25) is 10.0 Å². The molecule has 104 valence electrons. The third-order valence-corrected chi connectivity index (χ3v) is 4.09. The lowest BCUT2D eigenvalue weighted by Gasteiger charge is -2.25. The molecule has 5 heteroatoms. The van der Waals surface area contributed by atoms with Gasteiger partial charge in [0.05, 0.1) is 15.7 Å². The number of nitrogens with zero attached hydrogens (tertiary/aromatic N) is 1. The van der Waals surface area contributed by atoms with Crippen LogP contribution in [0, 0.1) is 0 Å². The molecule has 0 radical (unpaired) electrons. The minimum Gasteiger partial charge on any atom is -0.396 e. The summed E-state index contributed by atoms with van der Waals surface area (Å²) in [6, 6.07) is 3.20. The van der Waals surface area contributed by atoms with E-state index >= 15 is 0 Å². The Morgan fingerprint density at radius 1 is 1.00 bits per heavy atom. The van der Waals surface area contributed by atoms with Crippen molar-refractivity contribution < 1.29 is 4.79 Å². The summed E-state index contributed by atoms with van der Waals surface area (Å²) < 4.78 is 0. The van der Waals surface area contributed by atoms with Crippen molar-refractivity contribution in [3.05, 3.63) is 27.7 Å². The fourth-order valence-electron chi connectivity index (χ4n) is 2.34. The van der Waals surface area contributed by atoms with E-state index in [4.69, 9.17) is 28.9 Å². The van der Waals surface area contributed by atoms with Crippen LogP contribution in [-0.2, 0) is 0 Å². The third kappa shape index (κ3) is 3.54. The predicted molar refractivity (Wildman–Crippen MR) is 79.9 cm³/mol. The van der Waals surface area contributed by atoms with Crippen molar-refractivity contribution in [3.63, 3.8) is 0 Å². The van der Waals surface area contributed by atoms with E-state index in [-0.39, 0.29) is 5.91 Å². The average Bonchev–Trinajstić information content (AvgIpc) is 2.34. The maximum absolute atomic E-state index is 12.4. The van der Waals surface area contributed by atoms with Crippen LogP contribution in [-0.4, -0.2) is 23.9 Å². The molecule has 0 aromatic heterocycles. The van der Waals surface area contributed by atoms with Crippen molar-refractivity contribution in [2.24, 2.45) is 0 Å². The fraction of sp³-hybridized carbons (Fsp3) is 0.500. The van der Waals surface area contributed by atoms with E-state index in [1.807, 2.05) is 4.90 Å². The minimum absolute atomic E-state index is 0.00861. The van der Waals surface area contributed by atoms with Crippen molar-refractivity contribution in [3.8, 4) is 0 Å². The van der Waals surface area contributed by atoms with Crippen LogP contribution in [0.5, 0.6) is 0 Å². The zero-order chi connectivity index (χ0) is 13.8. The summed E-state index contributed by atoms with van der Waals surface area (Å²) in [7, 11) is 0. The van der Waals surface area contributed by atoms with Crippen LogP contribution < -0.4 is 5.73 Å². The van der Waals surface area contributed by atoms with Crippen LogP contribution in [0.15, 0.2) is 12.1 Å². The second kappa shape index (κ2) is 6.49. The van der Waals surface area contributed by atoms with Gasteiger partial charge in [-0.1, -0.05) is 42.5 Å². The molecule has 1 amide bonds. The molecule has 2 N–H and O–H groups in total. The van der Waals surface area contributed by atoms with Gasteiger partial charge in [0.2, 0.25) is 0 Å². The van der Waals surface area contributed by atoms with E-state index in [0.29, 0.717) is 21.3 Å². The highest BCUT2D eigenvalue weighted by molar-refractivity contribution is 6.39. The first kappa shape index (κ1) is 14.5. The lowest BCUT2D eigenvalue weighted by Crippen LogP contribution is -2.33. The summed E-state index contributed by atoms with van der Waals surface area (Å²) in [5.41, 5.74) is 6.53. The maximum atomic E-state index is 12.4. The van der Waals surface area contributed by atoms with Gasteiger partial charge in [0.15, 0.2) is 0 Å². The van der Waals surface area contributed by atoms with E-state index in [1.165, 1.54) is 19.3 Å². The molecule has 19 heavy (non-hydrogen) atoms. The van der Waals surface area contributed by atoms with Gasteiger partial charge in [-0.2, -0.15) is 0 Å². The Kier molecular flexibility index (Phi) is 4.94. The van der Waals surface area contributed by atoms with E-state index < -0.39 is 0 Å². The minimum atomic E-state index is -0.00861. The van der Waals surface area contributed by atoms with Crippen molar-refractivity contribution >= 4 is 34.8 Å². The first-order valence-electron chi connectivity index (χ1n) is 6.63. The van der Waals surface area contributed by atoms with Crippen LogP contribution in [0.3, 0.4) is 0 Å². The van der Waals surface area contributed by atoms with Crippen molar-refractivity contribution in [2.45, 2.75) is 32.1 Å². The molecule has 3 nitrogen and oxygen atoms in total. The van der Waals surface area contributed by atoms with E-state index in [2.05, 4.69) is 0 Å². The van der Waals surface area contributed by atoms with Gasteiger partial charge >= 0.3 is 0 Å². The Labute approximate surface area is 123 Å². The highest BCUT2D eigenvalue weighted by Crippen LogP contribution is 2.29. The number of carbonyl (C=O) groups is 1. The van der Waals surface area contributed by atoms with Gasteiger partial charge in [-0.25, -0.2) is 0 Å². The Balaban J connectivity index is 2.18. The quantitative estimate of drug-likeness (QED) is 0.797. The lowest BCUT2D eigenvalue weighted by atomic mass is 10.1. The van der Waals surface area contributed by atoms with Crippen LogP contribution in [0.25, 0.3) is 0 Å². The summed E-state index contributed by atoms with van der Waals surface area (Å²) in [6.07, 6.45) is 5.76. The monoisotopic (exact) mass is 300 g/mol.